The maximum absolute atomic E-state index is 5.66. The fraction of sp³-hybridized carbons (Fsp3) is 0.857. The Kier molecular flexibility index (Phi) is 5.65. The molecule has 0 spiro atoms. The molecule has 0 bridgehead atoms. The largest absolute Gasteiger partial charge is 0.425 e. The predicted molar refractivity (Wildman–Crippen MR) is 71.4 cm³/mol. The number of hydrogen-bond donors (Lipinski definition) is 1. The second-order valence-corrected chi connectivity index (χ2v) is 5.24. The maximum Gasteiger partial charge on any atom is 0.217 e. The molecule has 0 atom stereocenters. The van der Waals surface area contributed by atoms with Crippen LogP contribution in [0.3, 0.4) is 0 Å². The molecule has 1 N–H and O–H groups in total. The van der Waals surface area contributed by atoms with Crippen LogP contribution in [-0.2, 0) is 12.8 Å². The summed E-state index contributed by atoms with van der Waals surface area (Å²) < 4.78 is 5.66. The summed E-state index contributed by atoms with van der Waals surface area (Å²) in [5, 5.41) is 11.5. The normalized spacial score (nSPS) is 17.2. The molecule has 1 aromatic heterocycles. The minimum atomic E-state index is 0.773. The van der Waals surface area contributed by atoms with Crippen LogP contribution < -0.4 is 5.32 Å². The van der Waals surface area contributed by atoms with E-state index in [1.807, 2.05) is 0 Å². The van der Waals surface area contributed by atoms with E-state index < -0.39 is 0 Å². The van der Waals surface area contributed by atoms with Crippen LogP contribution in [0.5, 0.6) is 0 Å². The highest BCUT2D eigenvalue weighted by molar-refractivity contribution is 4.84. The fourth-order valence-electron chi connectivity index (χ4n) is 2.67. The van der Waals surface area contributed by atoms with E-state index in [0.29, 0.717) is 0 Å². The van der Waals surface area contributed by atoms with Gasteiger partial charge in [0.1, 0.15) is 0 Å². The molecule has 1 heterocycles. The SMILES string of the molecule is CCNCCc1nnc(CCC2CCCCC2)o1. The van der Waals surface area contributed by atoms with Crippen LogP contribution in [0.2, 0.25) is 0 Å². The van der Waals surface area contributed by atoms with Gasteiger partial charge in [-0.3, -0.25) is 0 Å². The fourth-order valence-corrected chi connectivity index (χ4v) is 2.67. The second-order valence-electron chi connectivity index (χ2n) is 5.24. The Bertz CT molecular complexity index is 332. The van der Waals surface area contributed by atoms with Crippen molar-refractivity contribution < 1.29 is 4.42 Å². The van der Waals surface area contributed by atoms with Crippen molar-refractivity contribution in [3.63, 3.8) is 0 Å². The van der Waals surface area contributed by atoms with Gasteiger partial charge in [-0.05, 0) is 18.9 Å². The van der Waals surface area contributed by atoms with Gasteiger partial charge in [0.05, 0.1) is 0 Å². The highest BCUT2D eigenvalue weighted by Gasteiger charge is 2.15. The highest BCUT2D eigenvalue weighted by atomic mass is 16.4. The summed E-state index contributed by atoms with van der Waals surface area (Å²) in [4.78, 5) is 0. The minimum Gasteiger partial charge on any atom is -0.425 e. The maximum atomic E-state index is 5.66. The molecule has 4 nitrogen and oxygen atoms in total. The number of rotatable bonds is 7. The van der Waals surface area contributed by atoms with Crippen molar-refractivity contribution in [3.8, 4) is 0 Å². The Morgan fingerprint density at radius 2 is 1.83 bits per heavy atom. The number of aromatic nitrogens is 2. The molecule has 2 rings (SSSR count). The van der Waals surface area contributed by atoms with Gasteiger partial charge in [-0.1, -0.05) is 39.0 Å². The number of hydrogen-bond acceptors (Lipinski definition) is 4. The van der Waals surface area contributed by atoms with Crippen LogP contribution in [0.15, 0.2) is 4.42 Å². The molecule has 1 saturated carbocycles. The lowest BCUT2D eigenvalue weighted by Crippen LogP contribution is -2.16. The molecule has 1 aliphatic carbocycles. The number of nitrogens with one attached hydrogen (secondary N) is 1. The monoisotopic (exact) mass is 251 g/mol. The van der Waals surface area contributed by atoms with Gasteiger partial charge in [0.25, 0.3) is 0 Å². The lowest BCUT2D eigenvalue weighted by Gasteiger charge is -2.20. The van der Waals surface area contributed by atoms with Crippen molar-refractivity contribution in [2.24, 2.45) is 5.92 Å². The van der Waals surface area contributed by atoms with Crippen molar-refractivity contribution in [1.82, 2.24) is 15.5 Å². The molecule has 0 aliphatic heterocycles. The molecule has 1 fully saturated rings. The third-order valence-electron chi connectivity index (χ3n) is 3.77. The zero-order valence-electron chi connectivity index (χ0n) is 11.5. The van der Waals surface area contributed by atoms with Crippen LogP contribution in [0, 0.1) is 5.92 Å². The summed E-state index contributed by atoms with van der Waals surface area (Å²) >= 11 is 0. The van der Waals surface area contributed by atoms with Crippen LogP contribution in [0.4, 0.5) is 0 Å². The molecule has 0 aromatic carbocycles. The molecule has 4 heteroatoms. The van der Waals surface area contributed by atoms with Crippen molar-refractivity contribution in [1.29, 1.82) is 0 Å². The van der Waals surface area contributed by atoms with E-state index in [2.05, 4.69) is 22.4 Å². The van der Waals surface area contributed by atoms with Gasteiger partial charge in [0.15, 0.2) is 0 Å². The third kappa shape index (κ3) is 4.41. The van der Waals surface area contributed by atoms with Gasteiger partial charge in [-0.25, -0.2) is 0 Å². The summed E-state index contributed by atoms with van der Waals surface area (Å²) in [7, 11) is 0. The van der Waals surface area contributed by atoms with Crippen LogP contribution in [0.25, 0.3) is 0 Å². The Morgan fingerprint density at radius 3 is 2.56 bits per heavy atom. The number of likely N-dealkylation sites (N-methyl/N-ethyl adjacent to an activating group) is 1. The summed E-state index contributed by atoms with van der Waals surface area (Å²) in [6, 6.07) is 0. The topological polar surface area (TPSA) is 51.0 Å². The lowest BCUT2D eigenvalue weighted by atomic mass is 9.86. The third-order valence-corrected chi connectivity index (χ3v) is 3.77. The summed E-state index contributed by atoms with van der Waals surface area (Å²) in [6.07, 6.45) is 10.0. The average Bonchev–Trinajstić information content (AvgIpc) is 2.86. The van der Waals surface area contributed by atoms with E-state index in [0.717, 1.165) is 43.6 Å². The van der Waals surface area contributed by atoms with Gasteiger partial charge in [0, 0.05) is 19.4 Å². The van der Waals surface area contributed by atoms with Crippen molar-refractivity contribution in [3.05, 3.63) is 11.8 Å². The highest BCUT2D eigenvalue weighted by Crippen LogP contribution is 2.27. The quantitative estimate of drug-likeness (QED) is 0.757. The second kappa shape index (κ2) is 7.52. The van der Waals surface area contributed by atoms with Crippen LogP contribution in [0.1, 0.15) is 57.2 Å². The minimum absolute atomic E-state index is 0.773. The molecule has 18 heavy (non-hydrogen) atoms. The Balaban J connectivity index is 1.69. The van der Waals surface area contributed by atoms with E-state index in [-0.39, 0.29) is 0 Å². The first-order valence-electron chi connectivity index (χ1n) is 7.40. The molecule has 102 valence electrons. The van der Waals surface area contributed by atoms with E-state index in [1.54, 1.807) is 0 Å². The van der Waals surface area contributed by atoms with E-state index >= 15 is 0 Å². The predicted octanol–water partition coefficient (Wildman–Crippen LogP) is 2.73. The lowest BCUT2D eigenvalue weighted by molar-refractivity contribution is 0.326. The van der Waals surface area contributed by atoms with Gasteiger partial charge in [-0.2, -0.15) is 0 Å². The Labute approximate surface area is 110 Å². The Hall–Kier alpha value is -0.900. The first-order chi connectivity index (χ1) is 8.88. The first kappa shape index (κ1) is 13.5. The molecule has 0 amide bonds. The van der Waals surface area contributed by atoms with Crippen molar-refractivity contribution in [2.75, 3.05) is 13.1 Å². The van der Waals surface area contributed by atoms with Gasteiger partial charge in [-0.15, -0.1) is 10.2 Å². The smallest absolute Gasteiger partial charge is 0.217 e. The van der Waals surface area contributed by atoms with E-state index in [4.69, 9.17) is 4.42 Å². The standard InChI is InChI=1S/C14H25N3O/c1-2-15-11-10-14-17-16-13(18-14)9-8-12-6-4-3-5-7-12/h12,15H,2-11H2,1H3. The average molecular weight is 251 g/mol. The zero-order chi connectivity index (χ0) is 12.6. The van der Waals surface area contributed by atoms with Gasteiger partial charge < -0.3 is 9.73 Å². The zero-order valence-corrected chi connectivity index (χ0v) is 11.5. The van der Waals surface area contributed by atoms with Gasteiger partial charge in [0.2, 0.25) is 11.8 Å². The summed E-state index contributed by atoms with van der Waals surface area (Å²) in [5.74, 6) is 2.48. The molecular weight excluding hydrogens is 226 g/mol. The van der Waals surface area contributed by atoms with E-state index in [9.17, 15) is 0 Å². The van der Waals surface area contributed by atoms with Gasteiger partial charge >= 0.3 is 0 Å². The Morgan fingerprint density at radius 1 is 1.11 bits per heavy atom. The summed E-state index contributed by atoms with van der Waals surface area (Å²) in [6.45, 7) is 4.01. The molecule has 0 saturated heterocycles. The number of nitrogens with zero attached hydrogens (tertiary/aromatic N) is 2. The molecule has 0 unspecified atom stereocenters. The van der Waals surface area contributed by atoms with Crippen molar-refractivity contribution >= 4 is 0 Å². The molecule has 0 radical (unpaired) electrons. The molecular formula is C14H25N3O. The van der Waals surface area contributed by atoms with Crippen LogP contribution in [-0.4, -0.2) is 23.3 Å². The molecule has 1 aliphatic rings. The van der Waals surface area contributed by atoms with Crippen molar-refractivity contribution in [2.45, 2.75) is 58.3 Å². The summed E-state index contributed by atoms with van der Waals surface area (Å²) in [5.41, 5.74) is 0. The van der Waals surface area contributed by atoms with E-state index in [1.165, 1.54) is 38.5 Å². The first-order valence-corrected chi connectivity index (χ1v) is 7.40. The molecule has 1 aromatic rings. The number of aryl methyl sites for hydroxylation is 1. The van der Waals surface area contributed by atoms with Crippen LogP contribution >= 0.6 is 0 Å².